The SMILES string of the molecule is CC1CNCC(C(=O)NC(C)C2CC3CCC2C3)C1. The van der Waals surface area contributed by atoms with E-state index < -0.39 is 0 Å². The van der Waals surface area contributed by atoms with Gasteiger partial charge in [0.15, 0.2) is 0 Å². The molecule has 1 aliphatic heterocycles. The van der Waals surface area contributed by atoms with E-state index in [4.69, 9.17) is 0 Å². The zero-order valence-corrected chi connectivity index (χ0v) is 12.3. The highest BCUT2D eigenvalue weighted by Gasteiger charge is 2.42. The minimum Gasteiger partial charge on any atom is -0.353 e. The summed E-state index contributed by atoms with van der Waals surface area (Å²) in [6.07, 6.45) is 6.66. The molecule has 19 heavy (non-hydrogen) atoms. The van der Waals surface area contributed by atoms with Gasteiger partial charge >= 0.3 is 0 Å². The number of fused-ring (bicyclic) bond motifs is 2. The van der Waals surface area contributed by atoms with Crippen molar-refractivity contribution in [1.82, 2.24) is 10.6 Å². The third-order valence-electron chi connectivity index (χ3n) is 5.75. The Balaban J connectivity index is 1.51. The second-order valence-corrected chi connectivity index (χ2v) is 7.33. The second-order valence-electron chi connectivity index (χ2n) is 7.33. The molecular formula is C16H28N2O. The summed E-state index contributed by atoms with van der Waals surface area (Å²) in [7, 11) is 0. The fraction of sp³-hybridized carbons (Fsp3) is 0.938. The lowest BCUT2D eigenvalue weighted by Crippen LogP contribution is -2.48. The number of nitrogens with one attached hydrogen (secondary N) is 2. The van der Waals surface area contributed by atoms with Crippen molar-refractivity contribution in [2.24, 2.45) is 29.6 Å². The van der Waals surface area contributed by atoms with E-state index in [9.17, 15) is 4.79 Å². The molecule has 0 spiro atoms. The van der Waals surface area contributed by atoms with Gasteiger partial charge in [-0.15, -0.1) is 0 Å². The molecule has 3 rings (SSSR count). The fourth-order valence-electron chi connectivity index (χ4n) is 4.71. The number of amides is 1. The number of hydrogen-bond acceptors (Lipinski definition) is 2. The zero-order valence-electron chi connectivity index (χ0n) is 12.3. The van der Waals surface area contributed by atoms with Crippen molar-refractivity contribution in [1.29, 1.82) is 0 Å². The monoisotopic (exact) mass is 264 g/mol. The number of piperidine rings is 1. The molecular weight excluding hydrogens is 236 g/mol. The molecule has 6 atom stereocenters. The summed E-state index contributed by atoms with van der Waals surface area (Å²) >= 11 is 0. The van der Waals surface area contributed by atoms with E-state index in [1.165, 1.54) is 25.7 Å². The van der Waals surface area contributed by atoms with Crippen molar-refractivity contribution in [3.63, 3.8) is 0 Å². The van der Waals surface area contributed by atoms with Gasteiger partial charge in [-0.2, -0.15) is 0 Å². The molecule has 2 aliphatic carbocycles. The standard InChI is InChI=1S/C16H28N2O/c1-10-5-14(9-17-8-10)16(19)18-11(2)15-7-12-3-4-13(15)6-12/h10-15,17H,3-9H2,1-2H3,(H,18,19). The maximum Gasteiger partial charge on any atom is 0.224 e. The first-order valence-electron chi connectivity index (χ1n) is 8.14. The number of carbonyl (C=O) groups excluding carboxylic acids is 1. The van der Waals surface area contributed by atoms with Crippen LogP contribution in [0, 0.1) is 29.6 Å². The van der Waals surface area contributed by atoms with Gasteiger partial charge in [0.2, 0.25) is 5.91 Å². The Morgan fingerprint density at radius 2 is 2.05 bits per heavy atom. The molecule has 108 valence electrons. The van der Waals surface area contributed by atoms with E-state index in [1.807, 2.05) is 0 Å². The molecule has 2 N–H and O–H groups in total. The third kappa shape index (κ3) is 2.81. The molecule has 0 aromatic heterocycles. The molecule has 6 unspecified atom stereocenters. The van der Waals surface area contributed by atoms with Crippen molar-refractivity contribution in [3.05, 3.63) is 0 Å². The Bertz CT molecular complexity index is 344. The summed E-state index contributed by atoms with van der Waals surface area (Å²) in [5.41, 5.74) is 0. The second kappa shape index (κ2) is 5.43. The van der Waals surface area contributed by atoms with Gasteiger partial charge < -0.3 is 10.6 Å². The van der Waals surface area contributed by atoms with Crippen LogP contribution in [0.25, 0.3) is 0 Å². The average molecular weight is 264 g/mol. The normalized spacial score (nSPS) is 43.2. The fourth-order valence-corrected chi connectivity index (χ4v) is 4.71. The van der Waals surface area contributed by atoms with Crippen molar-refractivity contribution < 1.29 is 4.79 Å². The number of rotatable bonds is 3. The lowest BCUT2D eigenvalue weighted by atomic mass is 9.83. The van der Waals surface area contributed by atoms with Crippen LogP contribution in [-0.4, -0.2) is 25.0 Å². The summed E-state index contributed by atoms with van der Waals surface area (Å²) < 4.78 is 0. The Labute approximate surface area is 116 Å². The Morgan fingerprint density at radius 3 is 2.68 bits per heavy atom. The zero-order chi connectivity index (χ0) is 13.4. The van der Waals surface area contributed by atoms with Gasteiger partial charge in [-0.1, -0.05) is 13.3 Å². The lowest BCUT2D eigenvalue weighted by Gasteiger charge is -2.32. The van der Waals surface area contributed by atoms with E-state index in [-0.39, 0.29) is 11.8 Å². The summed E-state index contributed by atoms with van der Waals surface area (Å²) in [4.78, 5) is 12.4. The molecule has 1 heterocycles. The van der Waals surface area contributed by atoms with Crippen molar-refractivity contribution >= 4 is 5.91 Å². The minimum absolute atomic E-state index is 0.185. The Morgan fingerprint density at radius 1 is 1.21 bits per heavy atom. The molecule has 3 heteroatoms. The lowest BCUT2D eigenvalue weighted by molar-refractivity contribution is -0.127. The highest BCUT2D eigenvalue weighted by atomic mass is 16.2. The summed E-state index contributed by atoms with van der Waals surface area (Å²) in [5, 5.41) is 6.69. The van der Waals surface area contributed by atoms with E-state index in [2.05, 4.69) is 24.5 Å². The van der Waals surface area contributed by atoms with Crippen molar-refractivity contribution in [2.45, 2.75) is 52.0 Å². The maximum absolute atomic E-state index is 12.4. The molecule has 3 fully saturated rings. The van der Waals surface area contributed by atoms with E-state index in [0.29, 0.717) is 12.0 Å². The van der Waals surface area contributed by atoms with Gasteiger partial charge in [0.25, 0.3) is 0 Å². The molecule has 0 aromatic rings. The van der Waals surface area contributed by atoms with Gasteiger partial charge in [-0.3, -0.25) is 4.79 Å². The average Bonchev–Trinajstić information content (AvgIpc) is 3.00. The number of carbonyl (C=O) groups is 1. The van der Waals surface area contributed by atoms with Crippen LogP contribution >= 0.6 is 0 Å². The van der Waals surface area contributed by atoms with E-state index in [0.717, 1.165) is 37.3 Å². The van der Waals surface area contributed by atoms with Crippen LogP contribution in [0.15, 0.2) is 0 Å². The Hall–Kier alpha value is -0.570. The van der Waals surface area contributed by atoms with Gasteiger partial charge in [-0.05, 0) is 62.8 Å². The smallest absolute Gasteiger partial charge is 0.224 e. The molecule has 3 nitrogen and oxygen atoms in total. The molecule has 1 saturated heterocycles. The van der Waals surface area contributed by atoms with Gasteiger partial charge in [0, 0.05) is 12.6 Å². The summed E-state index contributed by atoms with van der Waals surface area (Å²) in [6, 6.07) is 0.375. The van der Waals surface area contributed by atoms with Gasteiger partial charge in [0.05, 0.1) is 5.92 Å². The molecule has 3 aliphatic rings. The van der Waals surface area contributed by atoms with E-state index in [1.54, 1.807) is 0 Å². The van der Waals surface area contributed by atoms with Crippen LogP contribution in [0.1, 0.15) is 46.0 Å². The maximum atomic E-state index is 12.4. The summed E-state index contributed by atoms with van der Waals surface area (Å²) in [6.45, 7) is 6.38. The van der Waals surface area contributed by atoms with Crippen LogP contribution < -0.4 is 10.6 Å². The molecule has 1 amide bonds. The van der Waals surface area contributed by atoms with E-state index >= 15 is 0 Å². The minimum atomic E-state index is 0.185. The van der Waals surface area contributed by atoms with Crippen molar-refractivity contribution in [3.8, 4) is 0 Å². The van der Waals surface area contributed by atoms with Gasteiger partial charge in [0.1, 0.15) is 0 Å². The van der Waals surface area contributed by atoms with Crippen LogP contribution in [0.4, 0.5) is 0 Å². The first kappa shape index (κ1) is 13.4. The predicted octanol–water partition coefficient (Wildman–Crippen LogP) is 2.17. The largest absolute Gasteiger partial charge is 0.353 e. The van der Waals surface area contributed by atoms with Crippen LogP contribution in [-0.2, 0) is 4.79 Å². The third-order valence-corrected chi connectivity index (χ3v) is 5.75. The molecule has 0 aromatic carbocycles. The van der Waals surface area contributed by atoms with Crippen LogP contribution in [0.5, 0.6) is 0 Å². The quantitative estimate of drug-likeness (QED) is 0.820. The highest BCUT2D eigenvalue weighted by Crippen LogP contribution is 2.49. The van der Waals surface area contributed by atoms with Crippen LogP contribution in [0.3, 0.4) is 0 Å². The van der Waals surface area contributed by atoms with Crippen molar-refractivity contribution in [2.75, 3.05) is 13.1 Å². The Kier molecular flexibility index (Phi) is 3.84. The first-order valence-corrected chi connectivity index (χ1v) is 8.14. The topological polar surface area (TPSA) is 41.1 Å². The molecule has 0 radical (unpaired) electrons. The molecule has 2 saturated carbocycles. The summed E-state index contributed by atoms with van der Waals surface area (Å²) in [5.74, 6) is 3.70. The number of hydrogen-bond donors (Lipinski definition) is 2. The highest BCUT2D eigenvalue weighted by molar-refractivity contribution is 5.79. The first-order chi connectivity index (χ1) is 9.13. The predicted molar refractivity (Wildman–Crippen MR) is 76.7 cm³/mol. The molecule has 2 bridgehead atoms. The van der Waals surface area contributed by atoms with Crippen LogP contribution in [0.2, 0.25) is 0 Å². The van der Waals surface area contributed by atoms with Gasteiger partial charge in [-0.25, -0.2) is 0 Å².